The molecule has 2 aliphatic heterocycles. The molecular formula is C77H53N5. The largest absolute Gasteiger partial charge is 0.294 e. The first-order valence-electron chi connectivity index (χ1n) is 28.0. The number of pyridine rings is 1. The molecule has 0 bridgehead atoms. The molecule has 15 rings (SSSR count). The van der Waals surface area contributed by atoms with Gasteiger partial charge >= 0.3 is 0 Å². The number of rotatable bonds is 10. The van der Waals surface area contributed by atoms with E-state index in [4.69, 9.17) is 15.0 Å². The van der Waals surface area contributed by atoms with E-state index in [0.717, 1.165) is 73.6 Å². The zero-order valence-electron chi connectivity index (χ0n) is 44.8. The minimum absolute atomic E-state index is 0.647. The molecule has 0 atom stereocenters. The van der Waals surface area contributed by atoms with Gasteiger partial charge < -0.3 is 0 Å². The van der Waals surface area contributed by atoms with Crippen molar-refractivity contribution in [2.24, 2.45) is 0 Å². The summed E-state index contributed by atoms with van der Waals surface area (Å²) in [5.41, 5.74) is 19.1. The highest BCUT2D eigenvalue weighted by Crippen LogP contribution is 2.60. The quantitative estimate of drug-likeness (QED) is 0.137. The Morgan fingerprint density at radius 3 is 0.829 bits per heavy atom. The van der Waals surface area contributed by atoms with E-state index in [1.54, 1.807) is 0 Å². The molecule has 0 radical (unpaired) electrons. The molecule has 11 aromatic carbocycles. The van der Waals surface area contributed by atoms with Crippen LogP contribution in [0.3, 0.4) is 0 Å². The maximum atomic E-state index is 5.96. The summed E-state index contributed by atoms with van der Waals surface area (Å²) < 4.78 is 0. The molecule has 0 spiro atoms. The molecule has 0 aliphatic carbocycles. The Labute approximate surface area is 478 Å². The second-order valence-electron chi connectivity index (χ2n) is 21.0. The van der Waals surface area contributed by atoms with Gasteiger partial charge in [0.25, 0.3) is 0 Å². The van der Waals surface area contributed by atoms with E-state index in [-0.39, 0.29) is 0 Å². The SMILES string of the molecule is c1ccc(-c2cc(-c3ccccc3)nc(-c3ccc(-c4cc(N5c6ccccc6C(c6ccccc6)(c6ccccc6)c6ccccc65)nc(N5c6ccccc6C(c6ccccc6)(c6ccccc6)c6ccccc65)c4)cc3)n2)cc1. The van der Waals surface area contributed by atoms with Crippen molar-refractivity contribution in [1.82, 2.24) is 15.0 Å². The Bertz CT molecular complexity index is 4000. The van der Waals surface area contributed by atoms with Gasteiger partial charge in [0.05, 0.1) is 45.0 Å². The van der Waals surface area contributed by atoms with E-state index < -0.39 is 10.8 Å². The van der Waals surface area contributed by atoms with Crippen LogP contribution in [0.1, 0.15) is 44.5 Å². The van der Waals surface area contributed by atoms with Crippen molar-refractivity contribution in [3.63, 3.8) is 0 Å². The van der Waals surface area contributed by atoms with Crippen LogP contribution in [0.4, 0.5) is 34.4 Å². The van der Waals surface area contributed by atoms with Crippen LogP contribution in [0.2, 0.25) is 0 Å². The van der Waals surface area contributed by atoms with Crippen molar-refractivity contribution in [2.75, 3.05) is 9.80 Å². The van der Waals surface area contributed by atoms with Gasteiger partial charge in [0.1, 0.15) is 11.6 Å². The molecule has 0 amide bonds. The van der Waals surface area contributed by atoms with Gasteiger partial charge in [-0.1, -0.05) is 279 Å². The van der Waals surface area contributed by atoms with Crippen LogP contribution in [0, 0.1) is 0 Å². The first-order chi connectivity index (χ1) is 40.7. The minimum Gasteiger partial charge on any atom is -0.294 e. The number of aromatic nitrogens is 3. The maximum absolute atomic E-state index is 5.96. The fourth-order valence-electron chi connectivity index (χ4n) is 13.1. The third-order valence-electron chi connectivity index (χ3n) is 16.6. The van der Waals surface area contributed by atoms with E-state index in [9.17, 15) is 0 Å². The Hall–Kier alpha value is -10.8. The van der Waals surface area contributed by atoms with Gasteiger partial charge in [-0.3, -0.25) is 9.80 Å². The fraction of sp³-hybridized carbons (Fsp3) is 0.0260. The smallest absolute Gasteiger partial charge is 0.160 e. The average molecular weight is 1050 g/mol. The topological polar surface area (TPSA) is 45.2 Å². The average Bonchev–Trinajstić information content (AvgIpc) is 1.41. The van der Waals surface area contributed by atoms with E-state index in [1.165, 1.54) is 44.5 Å². The van der Waals surface area contributed by atoms with Crippen molar-refractivity contribution >= 4 is 34.4 Å². The standard InChI is InChI=1S/C77H53N5/c1-7-27-55(28-8-1)67-53-68(56-29-9-2-10-30-56)79-75(78-67)57-49-47-54(48-50-57)58-51-73(81-69-43-23-19-39-63(69)76(59-31-11-3-12-32-59,60-33-13-4-14-34-60)64-40-20-24-44-70(64)81)80-74(52-58)82-71-45-25-21-41-65(71)77(61-35-15-5-16-36-61,62-37-17-6-18-38-62)66-42-22-26-46-72(66)82/h1-53H. The van der Waals surface area contributed by atoms with E-state index in [0.29, 0.717) is 5.82 Å². The summed E-state index contributed by atoms with van der Waals surface area (Å²) in [6.07, 6.45) is 0. The molecule has 5 nitrogen and oxygen atoms in total. The molecule has 2 aliphatic rings. The lowest BCUT2D eigenvalue weighted by atomic mass is 9.62. The molecule has 386 valence electrons. The van der Waals surface area contributed by atoms with Crippen LogP contribution < -0.4 is 9.80 Å². The normalized spacial score (nSPS) is 13.5. The Balaban J connectivity index is 0.968. The molecular weight excluding hydrogens is 995 g/mol. The van der Waals surface area contributed by atoms with Gasteiger partial charge in [-0.2, -0.15) is 0 Å². The summed E-state index contributed by atoms with van der Waals surface area (Å²) >= 11 is 0. The van der Waals surface area contributed by atoms with Crippen LogP contribution in [-0.4, -0.2) is 15.0 Å². The summed E-state index contributed by atoms with van der Waals surface area (Å²) in [4.78, 5) is 21.2. The highest BCUT2D eigenvalue weighted by atomic mass is 15.3. The molecule has 0 saturated heterocycles. The van der Waals surface area contributed by atoms with Gasteiger partial charge in [0.2, 0.25) is 0 Å². The highest BCUT2D eigenvalue weighted by Gasteiger charge is 2.48. The number of fused-ring (bicyclic) bond motifs is 4. The van der Waals surface area contributed by atoms with Crippen LogP contribution in [-0.2, 0) is 10.8 Å². The van der Waals surface area contributed by atoms with Gasteiger partial charge in [-0.15, -0.1) is 0 Å². The summed E-state index contributed by atoms with van der Waals surface area (Å²) in [5, 5.41) is 0. The summed E-state index contributed by atoms with van der Waals surface area (Å²) in [5.74, 6) is 2.23. The molecule has 0 fully saturated rings. The minimum atomic E-state index is -0.647. The highest BCUT2D eigenvalue weighted by molar-refractivity contribution is 5.93. The van der Waals surface area contributed by atoms with Crippen molar-refractivity contribution in [3.8, 4) is 45.0 Å². The lowest BCUT2D eigenvalue weighted by molar-refractivity contribution is 0.728. The first-order valence-corrected chi connectivity index (χ1v) is 28.0. The van der Waals surface area contributed by atoms with Gasteiger partial charge in [-0.05, 0) is 98.1 Å². The summed E-state index contributed by atoms with van der Waals surface area (Å²) in [7, 11) is 0. The van der Waals surface area contributed by atoms with Crippen molar-refractivity contribution in [2.45, 2.75) is 10.8 Å². The van der Waals surface area contributed by atoms with E-state index >= 15 is 0 Å². The Morgan fingerprint density at radius 1 is 0.220 bits per heavy atom. The molecule has 2 aromatic heterocycles. The molecule has 82 heavy (non-hydrogen) atoms. The second kappa shape index (κ2) is 20.2. The predicted molar refractivity (Wildman–Crippen MR) is 335 cm³/mol. The maximum Gasteiger partial charge on any atom is 0.160 e. The third-order valence-corrected chi connectivity index (χ3v) is 16.6. The number of nitrogens with zero attached hydrogens (tertiary/aromatic N) is 5. The van der Waals surface area contributed by atoms with Crippen LogP contribution >= 0.6 is 0 Å². The van der Waals surface area contributed by atoms with Crippen LogP contribution in [0.15, 0.2) is 322 Å². The number of hydrogen-bond donors (Lipinski definition) is 0. The molecule has 0 saturated carbocycles. The van der Waals surface area contributed by atoms with Crippen molar-refractivity contribution in [3.05, 3.63) is 366 Å². The third kappa shape index (κ3) is 7.81. The zero-order valence-corrected chi connectivity index (χ0v) is 44.8. The summed E-state index contributed by atoms with van der Waals surface area (Å²) in [6.45, 7) is 0. The predicted octanol–water partition coefficient (Wildman–Crippen LogP) is 18.9. The van der Waals surface area contributed by atoms with Crippen LogP contribution in [0.25, 0.3) is 45.0 Å². The van der Waals surface area contributed by atoms with Crippen molar-refractivity contribution in [1.29, 1.82) is 0 Å². The first kappa shape index (κ1) is 48.4. The monoisotopic (exact) mass is 1050 g/mol. The second-order valence-corrected chi connectivity index (χ2v) is 21.0. The Kier molecular flexibility index (Phi) is 11.9. The van der Waals surface area contributed by atoms with Gasteiger partial charge in [0.15, 0.2) is 5.82 Å². The molecule has 4 heterocycles. The zero-order chi connectivity index (χ0) is 54.5. The molecule has 0 unspecified atom stereocenters. The molecule has 0 N–H and O–H groups in total. The number of para-hydroxylation sites is 4. The lowest BCUT2D eigenvalue weighted by Gasteiger charge is -2.47. The lowest BCUT2D eigenvalue weighted by Crippen LogP contribution is -2.38. The summed E-state index contributed by atoms with van der Waals surface area (Å²) in [6, 6.07) is 116. The van der Waals surface area contributed by atoms with E-state index in [1.807, 2.05) is 12.1 Å². The van der Waals surface area contributed by atoms with Gasteiger partial charge in [-0.25, -0.2) is 15.0 Å². The number of hydrogen-bond acceptors (Lipinski definition) is 5. The van der Waals surface area contributed by atoms with Gasteiger partial charge in [0, 0.05) is 16.7 Å². The fourth-order valence-corrected chi connectivity index (χ4v) is 13.1. The van der Waals surface area contributed by atoms with Crippen LogP contribution in [0.5, 0.6) is 0 Å². The number of anilines is 6. The Morgan fingerprint density at radius 2 is 0.500 bits per heavy atom. The van der Waals surface area contributed by atoms with E-state index in [2.05, 4.69) is 319 Å². The number of benzene rings is 11. The molecule has 13 aromatic rings. The van der Waals surface area contributed by atoms with Crippen molar-refractivity contribution < 1.29 is 0 Å². The molecule has 5 heteroatoms.